The predicted molar refractivity (Wildman–Crippen MR) is 113 cm³/mol. The summed E-state index contributed by atoms with van der Waals surface area (Å²) in [6.07, 6.45) is -2.68. The Labute approximate surface area is 185 Å². The molecule has 1 atom stereocenters. The van der Waals surface area contributed by atoms with E-state index in [9.17, 15) is 18.0 Å². The van der Waals surface area contributed by atoms with Gasteiger partial charge in [0.15, 0.2) is 0 Å². The van der Waals surface area contributed by atoms with Gasteiger partial charge >= 0.3 is 6.18 Å². The molecule has 1 N–H and O–H groups in total. The van der Waals surface area contributed by atoms with Gasteiger partial charge in [-0.25, -0.2) is 0 Å². The van der Waals surface area contributed by atoms with Crippen molar-refractivity contribution in [2.45, 2.75) is 37.5 Å². The van der Waals surface area contributed by atoms with Crippen molar-refractivity contribution in [3.8, 4) is 0 Å². The molecule has 3 nitrogen and oxygen atoms in total. The average Bonchev–Trinajstić information content (AvgIpc) is 3.21. The summed E-state index contributed by atoms with van der Waals surface area (Å²) in [5.74, 6) is 0.0194. The zero-order valence-electron chi connectivity index (χ0n) is 16.4. The van der Waals surface area contributed by atoms with Crippen LogP contribution in [-0.4, -0.2) is 29.4 Å². The monoisotopic (exact) mass is 458 g/mol. The highest BCUT2D eigenvalue weighted by molar-refractivity contribution is 6.34. The largest absolute Gasteiger partial charge is 0.417 e. The Morgan fingerprint density at radius 2 is 1.87 bits per heavy atom. The van der Waals surface area contributed by atoms with Gasteiger partial charge in [-0.15, -0.1) is 12.4 Å². The van der Waals surface area contributed by atoms with Crippen LogP contribution < -0.4 is 5.32 Å². The zero-order valence-corrected chi connectivity index (χ0v) is 17.9. The standard InChI is InChI=1S/C22H22ClF3N2O.ClH/c1-2-28-13-14-11-21(28,12-14)19(15-7-4-3-5-8-15)27-20(29)16-9-6-10-17(18(16)23)22(24,25)26;/h3-10,14,19H,2,11-13H2,1H3,(H,27,29);1H. The molecule has 2 saturated heterocycles. The van der Waals surface area contributed by atoms with Gasteiger partial charge in [0.1, 0.15) is 0 Å². The molecular formula is C22H23Cl2F3N2O. The van der Waals surface area contributed by atoms with Crippen molar-refractivity contribution in [2.75, 3.05) is 13.1 Å². The molecule has 8 heteroatoms. The van der Waals surface area contributed by atoms with Crippen LogP contribution in [0.5, 0.6) is 0 Å². The number of hydrogen-bond acceptors (Lipinski definition) is 2. The first-order chi connectivity index (χ1) is 13.8. The molecule has 2 aromatic rings. The molecule has 1 aliphatic carbocycles. The quantitative estimate of drug-likeness (QED) is 0.619. The molecule has 3 fully saturated rings. The van der Waals surface area contributed by atoms with E-state index in [1.54, 1.807) is 0 Å². The molecule has 2 aliphatic heterocycles. The first-order valence-electron chi connectivity index (χ1n) is 9.73. The van der Waals surface area contributed by atoms with E-state index in [0.717, 1.165) is 37.6 Å². The molecule has 30 heavy (non-hydrogen) atoms. The van der Waals surface area contributed by atoms with E-state index in [0.29, 0.717) is 5.92 Å². The van der Waals surface area contributed by atoms with Gasteiger partial charge < -0.3 is 5.32 Å². The van der Waals surface area contributed by atoms with Crippen LogP contribution in [0.2, 0.25) is 5.02 Å². The van der Waals surface area contributed by atoms with Crippen LogP contribution >= 0.6 is 24.0 Å². The van der Waals surface area contributed by atoms with Crippen molar-refractivity contribution in [1.29, 1.82) is 0 Å². The summed E-state index contributed by atoms with van der Waals surface area (Å²) in [6, 6.07) is 12.7. The van der Waals surface area contributed by atoms with Crippen LogP contribution in [0.4, 0.5) is 13.2 Å². The third-order valence-corrected chi connectivity index (χ3v) is 6.68. The molecule has 162 valence electrons. The zero-order chi connectivity index (χ0) is 20.8. The number of hydrogen-bond donors (Lipinski definition) is 1. The Hall–Kier alpha value is -1.76. The maximum absolute atomic E-state index is 13.2. The van der Waals surface area contributed by atoms with E-state index in [1.807, 2.05) is 30.3 Å². The SMILES string of the molecule is CCN1CC2CC1(C(NC(=O)c1cccc(C(F)(F)F)c1Cl)c1ccccc1)C2.Cl. The first kappa shape index (κ1) is 22.9. The Balaban J connectivity index is 0.00000256. The van der Waals surface area contributed by atoms with Gasteiger partial charge in [0.2, 0.25) is 0 Å². The van der Waals surface area contributed by atoms with Crippen LogP contribution in [0.3, 0.4) is 0 Å². The van der Waals surface area contributed by atoms with Gasteiger partial charge in [0.05, 0.1) is 22.2 Å². The van der Waals surface area contributed by atoms with Gasteiger partial charge in [-0.2, -0.15) is 13.2 Å². The van der Waals surface area contributed by atoms with Gasteiger partial charge in [0, 0.05) is 12.1 Å². The highest BCUT2D eigenvalue weighted by Crippen LogP contribution is 2.56. The summed E-state index contributed by atoms with van der Waals surface area (Å²) in [5, 5.41) is 2.46. The van der Waals surface area contributed by atoms with Crippen LogP contribution in [0.25, 0.3) is 0 Å². The lowest BCUT2D eigenvalue weighted by atomic mass is 9.67. The Kier molecular flexibility index (Phi) is 6.42. The summed E-state index contributed by atoms with van der Waals surface area (Å²) in [4.78, 5) is 15.4. The lowest BCUT2D eigenvalue weighted by molar-refractivity contribution is -0.137. The third-order valence-electron chi connectivity index (χ3n) is 6.27. The number of carbonyl (C=O) groups excluding carboxylic acids is 1. The van der Waals surface area contributed by atoms with Crippen LogP contribution in [0.15, 0.2) is 48.5 Å². The lowest BCUT2D eigenvalue weighted by Gasteiger charge is -2.48. The highest BCUT2D eigenvalue weighted by Gasteiger charge is 2.59. The molecule has 1 amide bonds. The van der Waals surface area contributed by atoms with Crippen molar-refractivity contribution < 1.29 is 18.0 Å². The normalized spacial score (nSPS) is 24.0. The summed E-state index contributed by atoms with van der Waals surface area (Å²) in [6.45, 7) is 3.94. The lowest BCUT2D eigenvalue weighted by Crippen LogP contribution is -2.56. The first-order valence-corrected chi connectivity index (χ1v) is 10.1. The van der Waals surface area contributed by atoms with E-state index in [2.05, 4.69) is 17.1 Å². The van der Waals surface area contributed by atoms with Gasteiger partial charge in [-0.05, 0) is 43.0 Å². The van der Waals surface area contributed by atoms with Crippen LogP contribution in [-0.2, 0) is 6.18 Å². The molecule has 1 unspecified atom stereocenters. The van der Waals surface area contributed by atoms with E-state index < -0.39 is 22.7 Å². The Morgan fingerprint density at radius 3 is 2.47 bits per heavy atom. The van der Waals surface area contributed by atoms with Crippen molar-refractivity contribution in [2.24, 2.45) is 5.92 Å². The van der Waals surface area contributed by atoms with E-state index in [4.69, 9.17) is 11.6 Å². The number of nitrogens with one attached hydrogen (secondary N) is 1. The van der Waals surface area contributed by atoms with Gasteiger partial charge in [-0.3, -0.25) is 9.69 Å². The van der Waals surface area contributed by atoms with Crippen LogP contribution in [0.1, 0.15) is 47.3 Å². The van der Waals surface area contributed by atoms with E-state index in [1.165, 1.54) is 12.1 Å². The summed E-state index contributed by atoms with van der Waals surface area (Å²) < 4.78 is 39.6. The van der Waals surface area contributed by atoms with Gasteiger partial charge in [-0.1, -0.05) is 54.9 Å². The third kappa shape index (κ3) is 3.81. The maximum Gasteiger partial charge on any atom is 0.417 e. The number of likely N-dealkylation sites (N-methyl/N-ethyl adjacent to an activating group) is 1. The van der Waals surface area contributed by atoms with Gasteiger partial charge in [0.25, 0.3) is 5.91 Å². The fourth-order valence-electron chi connectivity index (χ4n) is 4.99. The molecule has 2 heterocycles. The molecule has 0 spiro atoms. The second kappa shape index (κ2) is 8.40. The van der Waals surface area contributed by atoms with E-state index in [-0.39, 0.29) is 29.6 Å². The van der Waals surface area contributed by atoms with Crippen molar-refractivity contribution in [3.63, 3.8) is 0 Å². The van der Waals surface area contributed by atoms with Crippen molar-refractivity contribution in [3.05, 3.63) is 70.2 Å². The smallest absolute Gasteiger partial charge is 0.343 e. The fraction of sp³-hybridized carbons (Fsp3) is 0.409. The second-order valence-electron chi connectivity index (χ2n) is 7.90. The van der Waals surface area contributed by atoms with Crippen LogP contribution in [0, 0.1) is 5.92 Å². The van der Waals surface area contributed by atoms with Crippen molar-refractivity contribution >= 4 is 29.9 Å². The number of amides is 1. The summed E-state index contributed by atoms with van der Waals surface area (Å²) >= 11 is 5.99. The minimum Gasteiger partial charge on any atom is -0.343 e. The Bertz CT molecular complexity index is 914. The molecule has 0 radical (unpaired) electrons. The highest BCUT2D eigenvalue weighted by atomic mass is 35.5. The minimum atomic E-state index is -4.61. The minimum absolute atomic E-state index is 0. The summed E-state index contributed by atoms with van der Waals surface area (Å²) in [5.41, 5.74) is -0.413. The second-order valence-corrected chi connectivity index (χ2v) is 8.28. The number of fused-ring (bicyclic) bond motifs is 1. The fourth-order valence-corrected chi connectivity index (χ4v) is 5.31. The maximum atomic E-state index is 13.2. The summed E-state index contributed by atoms with van der Waals surface area (Å²) in [7, 11) is 0. The number of carbonyl (C=O) groups is 1. The number of halogens is 5. The molecule has 1 saturated carbocycles. The van der Waals surface area contributed by atoms with E-state index >= 15 is 0 Å². The number of nitrogens with zero attached hydrogens (tertiary/aromatic N) is 1. The molecule has 2 bridgehead atoms. The molecule has 3 aliphatic rings. The Morgan fingerprint density at radius 1 is 1.20 bits per heavy atom. The number of benzene rings is 2. The molecule has 5 rings (SSSR count). The predicted octanol–water partition coefficient (Wildman–Crippen LogP) is 5.74. The molecule has 2 aromatic carbocycles. The molecular weight excluding hydrogens is 436 g/mol. The van der Waals surface area contributed by atoms with Crippen molar-refractivity contribution in [1.82, 2.24) is 10.2 Å². The average molecular weight is 459 g/mol. The molecule has 0 aromatic heterocycles. The topological polar surface area (TPSA) is 32.3 Å². The number of rotatable bonds is 5. The number of alkyl halides is 3.